The highest BCUT2D eigenvalue weighted by Crippen LogP contribution is 2.40. The van der Waals surface area contributed by atoms with Gasteiger partial charge in [0.1, 0.15) is 11.5 Å². The molecule has 1 aliphatic carbocycles. The molecule has 0 N–H and O–H groups in total. The van der Waals surface area contributed by atoms with Crippen molar-refractivity contribution in [2.24, 2.45) is 17.8 Å². The number of esters is 1. The summed E-state index contributed by atoms with van der Waals surface area (Å²) in [4.78, 5) is 54.1. The smallest absolute Gasteiger partial charge is 0.316 e. The van der Waals surface area contributed by atoms with Crippen LogP contribution in [0.4, 0.5) is 11.4 Å². The van der Waals surface area contributed by atoms with Gasteiger partial charge in [0.15, 0.2) is 0 Å². The third kappa shape index (κ3) is 4.40. The number of ether oxygens (including phenoxy) is 2. The number of hydrogen-bond acceptors (Lipinski definition) is 6. The van der Waals surface area contributed by atoms with E-state index in [9.17, 15) is 19.2 Å². The van der Waals surface area contributed by atoms with Crippen molar-refractivity contribution < 1.29 is 28.7 Å². The zero-order valence-electron chi connectivity index (χ0n) is 19.6. The molecule has 3 aliphatic rings. The fraction of sp³-hybridized carbons (Fsp3) is 0.407. The third-order valence-electron chi connectivity index (χ3n) is 7.05. The fourth-order valence-corrected chi connectivity index (χ4v) is 5.31. The minimum atomic E-state index is -0.615. The maximum absolute atomic E-state index is 12.9. The second-order valence-electron chi connectivity index (χ2n) is 9.26. The van der Waals surface area contributed by atoms with E-state index in [1.807, 2.05) is 6.92 Å². The second kappa shape index (κ2) is 9.52. The summed E-state index contributed by atoms with van der Waals surface area (Å²) >= 11 is 0. The summed E-state index contributed by atoms with van der Waals surface area (Å²) in [6.45, 7) is 2.67. The zero-order chi connectivity index (χ0) is 24.5. The van der Waals surface area contributed by atoms with Crippen LogP contribution in [0.3, 0.4) is 0 Å². The zero-order valence-corrected chi connectivity index (χ0v) is 19.6. The van der Waals surface area contributed by atoms with Crippen LogP contribution in [0.2, 0.25) is 0 Å². The number of benzene rings is 2. The highest BCUT2D eigenvalue weighted by Gasteiger charge is 2.48. The quantitative estimate of drug-likeness (QED) is 0.358. The van der Waals surface area contributed by atoms with E-state index in [2.05, 4.69) is 0 Å². The Morgan fingerprint density at radius 2 is 1.60 bits per heavy atom. The van der Waals surface area contributed by atoms with Gasteiger partial charge >= 0.3 is 5.97 Å². The van der Waals surface area contributed by atoms with Crippen LogP contribution in [0.25, 0.3) is 0 Å². The standard InChI is InChI=1S/C27H28N2O6/c1-2-34-20-12-10-18(11-13-20)28-16-17(14-24(28)30)27(33)35-21-7-5-6-19(15-21)29-25(31)22-8-3-4-9-23(22)26(29)32/h5-7,10-13,15,17,22-23H,2-4,8-9,14,16H2,1H3/t17-,22-,23+/m0/s1. The molecule has 3 amide bonds. The SMILES string of the molecule is CCOc1ccc(N2C[C@@H](C(=O)Oc3cccc(N4C(=O)[C@H]5CCCC[C@H]5C4=O)c3)CC2=O)cc1. The van der Waals surface area contributed by atoms with Gasteiger partial charge in [0.25, 0.3) is 0 Å². The molecule has 1 saturated carbocycles. The maximum Gasteiger partial charge on any atom is 0.316 e. The van der Waals surface area contributed by atoms with Gasteiger partial charge in [-0.05, 0) is 56.2 Å². The molecule has 5 rings (SSSR count). The van der Waals surface area contributed by atoms with E-state index >= 15 is 0 Å². The number of carbonyl (C=O) groups excluding carboxylic acids is 4. The van der Waals surface area contributed by atoms with Gasteiger partial charge in [-0.15, -0.1) is 0 Å². The minimum Gasteiger partial charge on any atom is -0.494 e. The molecule has 0 aromatic heterocycles. The molecule has 0 bridgehead atoms. The summed E-state index contributed by atoms with van der Waals surface area (Å²) in [5.74, 6) is -1.16. The molecule has 3 atom stereocenters. The van der Waals surface area contributed by atoms with Crippen LogP contribution < -0.4 is 19.3 Å². The van der Waals surface area contributed by atoms with Gasteiger partial charge in [-0.1, -0.05) is 18.9 Å². The van der Waals surface area contributed by atoms with E-state index in [1.54, 1.807) is 53.4 Å². The van der Waals surface area contributed by atoms with Crippen molar-refractivity contribution in [1.82, 2.24) is 0 Å². The van der Waals surface area contributed by atoms with Crippen LogP contribution in [0, 0.1) is 17.8 Å². The van der Waals surface area contributed by atoms with Crippen molar-refractivity contribution >= 4 is 35.1 Å². The van der Waals surface area contributed by atoms with Crippen LogP contribution in [0.15, 0.2) is 48.5 Å². The van der Waals surface area contributed by atoms with Crippen LogP contribution in [-0.4, -0.2) is 36.8 Å². The lowest BCUT2D eigenvalue weighted by atomic mass is 9.81. The molecule has 0 radical (unpaired) electrons. The largest absolute Gasteiger partial charge is 0.494 e. The second-order valence-corrected chi connectivity index (χ2v) is 9.26. The fourth-order valence-electron chi connectivity index (χ4n) is 5.31. The predicted molar refractivity (Wildman–Crippen MR) is 128 cm³/mol. The van der Waals surface area contributed by atoms with E-state index in [4.69, 9.17) is 9.47 Å². The van der Waals surface area contributed by atoms with Crippen LogP contribution in [0.1, 0.15) is 39.0 Å². The van der Waals surface area contributed by atoms with Gasteiger partial charge in [-0.3, -0.25) is 19.2 Å². The number of hydrogen-bond donors (Lipinski definition) is 0. The Hall–Kier alpha value is -3.68. The minimum absolute atomic E-state index is 0.0538. The Morgan fingerprint density at radius 3 is 2.26 bits per heavy atom. The van der Waals surface area contributed by atoms with Gasteiger partial charge in [-0.2, -0.15) is 0 Å². The molecular weight excluding hydrogens is 448 g/mol. The predicted octanol–water partition coefficient (Wildman–Crippen LogP) is 3.72. The summed E-state index contributed by atoms with van der Waals surface area (Å²) in [6, 6.07) is 13.7. The van der Waals surface area contributed by atoms with Crippen molar-refractivity contribution in [3.8, 4) is 11.5 Å². The Labute approximate surface area is 203 Å². The summed E-state index contributed by atoms with van der Waals surface area (Å²) in [6.07, 6.45) is 3.44. The Balaban J connectivity index is 1.26. The van der Waals surface area contributed by atoms with Gasteiger partial charge in [0.05, 0.1) is 30.0 Å². The first kappa shape index (κ1) is 23.1. The number of nitrogens with zero attached hydrogens (tertiary/aromatic N) is 2. The molecule has 2 saturated heterocycles. The van der Waals surface area contributed by atoms with Crippen LogP contribution in [0.5, 0.6) is 11.5 Å². The van der Waals surface area contributed by atoms with Gasteiger partial charge in [0.2, 0.25) is 17.7 Å². The monoisotopic (exact) mass is 476 g/mol. The first-order valence-corrected chi connectivity index (χ1v) is 12.2. The lowest BCUT2D eigenvalue weighted by molar-refractivity contribution is -0.139. The van der Waals surface area contributed by atoms with Crippen molar-refractivity contribution in [2.75, 3.05) is 23.0 Å². The highest BCUT2D eigenvalue weighted by molar-refractivity contribution is 6.22. The Morgan fingerprint density at radius 1 is 0.914 bits per heavy atom. The first-order chi connectivity index (χ1) is 17.0. The van der Waals surface area contributed by atoms with Gasteiger partial charge in [0, 0.05) is 24.7 Å². The highest BCUT2D eigenvalue weighted by atomic mass is 16.5. The Kier molecular flexibility index (Phi) is 6.28. The molecule has 2 aromatic carbocycles. The van der Waals surface area contributed by atoms with E-state index in [-0.39, 0.29) is 48.3 Å². The molecule has 8 heteroatoms. The lowest BCUT2D eigenvalue weighted by Gasteiger charge is -2.19. The van der Waals surface area contributed by atoms with Crippen LogP contribution >= 0.6 is 0 Å². The molecule has 3 fully saturated rings. The summed E-state index contributed by atoms with van der Waals surface area (Å²) in [7, 11) is 0. The van der Waals surface area contributed by atoms with E-state index in [0.717, 1.165) is 25.7 Å². The van der Waals surface area contributed by atoms with E-state index < -0.39 is 11.9 Å². The summed E-state index contributed by atoms with van der Waals surface area (Å²) in [5, 5.41) is 0. The first-order valence-electron chi connectivity index (χ1n) is 12.2. The normalized spacial score (nSPS) is 24.0. The van der Waals surface area contributed by atoms with Crippen molar-refractivity contribution in [3.05, 3.63) is 48.5 Å². The number of amides is 3. The van der Waals surface area contributed by atoms with Crippen LogP contribution in [-0.2, 0) is 19.2 Å². The van der Waals surface area contributed by atoms with Crippen molar-refractivity contribution in [1.29, 1.82) is 0 Å². The number of carbonyl (C=O) groups is 4. The molecule has 2 heterocycles. The molecule has 2 aliphatic heterocycles. The third-order valence-corrected chi connectivity index (χ3v) is 7.05. The average Bonchev–Trinajstić information content (AvgIpc) is 3.37. The van der Waals surface area contributed by atoms with E-state index in [0.29, 0.717) is 23.7 Å². The van der Waals surface area contributed by atoms with Crippen molar-refractivity contribution in [3.63, 3.8) is 0 Å². The van der Waals surface area contributed by atoms with Gasteiger partial charge in [-0.25, -0.2) is 4.90 Å². The molecule has 0 unspecified atom stereocenters. The molecular formula is C27H28N2O6. The number of anilines is 2. The average molecular weight is 477 g/mol. The van der Waals surface area contributed by atoms with E-state index in [1.165, 1.54) is 4.90 Å². The summed E-state index contributed by atoms with van der Waals surface area (Å²) in [5.41, 5.74) is 1.11. The number of imide groups is 1. The number of fused-ring (bicyclic) bond motifs is 1. The molecule has 182 valence electrons. The molecule has 2 aromatic rings. The topological polar surface area (TPSA) is 93.2 Å². The summed E-state index contributed by atoms with van der Waals surface area (Å²) < 4.78 is 11.0. The molecule has 8 nitrogen and oxygen atoms in total. The maximum atomic E-state index is 12.9. The number of rotatable bonds is 6. The molecule has 35 heavy (non-hydrogen) atoms. The Bertz CT molecular complexity index is 1140. The molecule has 0 spiro atoms. The van der Waals surface area contributed by atoms with Gasteiger partial charge < -0.3 is 14.4 Å². The lowest BCUT2D eigenvalue weighted by Crippen LogP contribution is -2.31. The van der Waals surface area contributed by atoms with Crippen molar-refractivity contribution in [2.45, 2.75) is 39.0 Å².